The summed E-state index contributed by atoms with van der Waals surface area (Å²) in [6.45, 7) is 2.17. The van der Waals surface area contributed by atoms with Crippen LogP contribution in [0.4, 0.5) is 0 Å². The first-order chi connectivity index (χ1) is 11.0. The molecule has 0 amide bonds. The Morgan fingerprint density at radius 3 is 2.57 bits per heavy atom. The molecule has 1 aromatic carbocycles. The van der Waals surface area contributed by atoms with E-state index in [1.807, 2.05) is 6.07 Å². The molecule has 124 valence electrons. The second kappa shape index (κ2) is 6.78. The lowest BCUT2D eigenvalue weighted by Crippen LogP contribution is -2.43. The first-order valence-electron chi connectivity index (χ1n) is 7.95. The van der Waals surface area contributed by atoms with E-state index in [9.17, 15) is 8.42 Å². The maximum Gasteiger partial charge on any atom is 0.243 e. The highest BCUT2D eigenvalue weighted by molar-refractivity contribution is 7.89. The van der Waals surface area contributed by atoms with Crippen molar-refractivity contribution < 1.29 is 8.42 Å². The molecule has 3 rings (SSSR count). The van der Waals surface area contributed by atoms with Gasteiger partial charge in [-0.3, -0.25) is 0 Å². The van der Waals surface area contributed by atoms with Crippen molar-refractivity contribution in [2.45, 2.75) is 36.6 Å². The molecule has 0 aromatic heterocycles. The summed E-state index contributed by atoms with van der Waals surface area (Å²) in [5, 5.41) is 12.6. The van der Waals surface area contributed by atoms with Crippen LogP contribution >= 0.6 is 11.6 Å². The third-order valence-corrected chi connectivity index (χ3v) is 7.07. The number of nitrogens with one attached hydrogen (secondary N) is 1. The van der Waals surface area contributed by atoms with Gasteiger partial charge in [0, 0.05) is 19.1 Å². The largest absolute Gasteiger partial charge is 0.314 e. The summed E-state index contributed by atoms with van der Waals surface area (Å²) in [6.07, 6.45) is 4.19. The van der Waals surface area contributed by atoms with E-state index >= 15 is 0 Å². The van der Waals surface area contributed by atoms with Crippen molar-refractivity contribution >= 4 is 21.6 Å². The lowest BCUT2D eigenvalue weighted by atomic mass is 9.89. The van der Waals surface area contributed by atoms with Gasteiger partial charge in [-0.2, -0.15) is 9.57 Å². The van der Waals surface area contributed by atoms with Gasteiger partial charge in [-0.15, -0.1) is 0 Å². The van der Waals surface area contributed by atoms with Gasteiger partial charge in [-0.1, -0.05) is 11.6 Å². The molecule has 7 heteroatoms. The van der Waals surface area contributed by atoms with E-state index in [-0.39, 0.29) is 15.5 Å². The summed E-state index contributed by atoms with van der Waals surface area (Å²) < 4.78 is 27.0. The number of benzene rings is 1. The molecule has 1 N–H and O–H groups in total. The molecule has 0 aliphatic carbocycles. The molecular formula is C16H20ClN3O2S. The molecule has 0 bridgehead atoms. The number of sulfonamides is 1. The zero-order valence-corrected chi connectivity index (χ0v) is 14.4. The Morgan fingerprint density at radius 1 is 1.26 bits per heavy atom. The summed E-state index contributed by atoms with van der Waals surface area (Å²) in [5.74, 6) is 0.563. The molecule has 2 fully saturated rings. The third kappa shape index (κ3) is 3.38. The molecule has 1 unspecified atom stereocenters. The Kier molecular flexibility index (Phi) is 4.93. The van der Waals surface area contributed by atoms with Crippen LogP contribution in [0.3, 0.4) is 0 Å². The summed E-state index contributed by atoms with van der Waals surface area (Å²) >= 11 is 5.97. The first-order valence-corrected chi connectivity index (χ1v) is 9.77. The van der Waals surface area contributed by atoms with Gasteiger partial charge in [0.25, 0.3) is 0 Å². The minimum absolute atomic E-state index is 0.166. The molecule has 0 radical (unpaired) electrons. The van der Waals surface area contributed by atoms with E-state index in [2.05, 4.69) is 5.32 Å². The molecule has 1 aromatic rings. The molecule has 2 aliphatic heterocycles. The van der Waals surface area contributed by atoms with Gasteiger partial charge in [0.1, 0.15) is 6.07 Å². The highest BCUT2D eigenvalue weighted by Gasteiger charge is 2.33. The van der Waals surface area contributed by atoms with Gasteiger partial charge in [0.15, 0.2) is 0 Å². The number of hydrogen-bond acceptors (Lipinski definition) is 4. The molecule has 5 nitrogen and oxygen atoms in total. The van der Waals surface area contributed by atoms with Crippen LogP contribution in [0.25, 0.3) is 0 Å². The summed E-state index contributed by atoms with van der Waals surface area (Å²) in [4.78, 5) is 0.166. The van der Waals surface area contributed by atoms with Crippen LogP contribution < -0.4 is 5.32 Å². The molecular weight excluding hydrogens is 334 g/mol. The number of hydrogen-bond donors (Lipinski definition) is 1. The van der Waals surface area contributed by atoms with E-state index in [1.54, 1.807) is 0 Å². The Balaban J connectivity index is 1.71. The lowest BCUT2D eigenvalue weighted by Gasteiger charge is -2.34. The van der Waals surface area contributed by atoms with Crippen molar-refractivity contribution in [3.63, 3.8) is 0 Å². The van der Waals surface area contributed by atoms with E-state index in [0.29, 0.717) is 25.0 Å². The van der Waals surface area contributed by atoms with Crippen LogP contribution in [0.2, 0.25) is 5.02 Å². The molecule has 2 aliphatic rings. The topological polar surface area (TPSA) is 73.2 Å². The van der Waals surface area contributed by atoms with Gasteiger partial charge < -0.3 is 5.32 Å². The SMILES string of the molecule is N#Cc1ccc(S(=O)(=O)N2CCC(C3CCCN3)CC2)cc1Cl. The molecule has 0 spiro atoms. The van der Waals surface area contributed by atoms with Crippen LogP contribution in [0.5, 0.6) is 0 Å². The van der Waals surface area contributed by atoms with E-state index < -0.39 is 10.0 Å². The van der Waals surface area contributed by atoms with Crippen molar-refractivity contribution in [2.24, 2.45) is 5.92 Å². The van der Waals surface area contributed by atoms with Crippen molar-refractivity contribution in [1.82, 2.24) is 9.62 Å². The standard InChI is InChI=1S/C16H20ClN3O2S/c17-15-10-14(4-3-13(15)11-18)23(21,22)20-8-5-12(6-9-20)16-2-1-7-19-16/h3-4,10,12,16,19H,1-2,5-9H2. The fraction of sp³-hybridized carbons (Fsp3) is 0.562. The van der Waals surface area contributed by atoms with Gasteiger partial charge in [-0.05, 0) is 56.3 Å². The maximum absolute atomic E-state index is 12.7. The summed E-state index contributed by atoms with van der Waals surface area (Å²) in [6, 6.07) is 6.79. The molecule has 1 atom stereocenters. The first kappa shape index (κ1) is 16.7. The third-order valence-electron chi connectivity index (χ3n) is 4.86. The number of rotatable bonds is 3. The van der Waals surface area contributed by atoms with Gasteiger partial charge in [-0.25, -0.2) is 8.42 Å². The molecule has 2 heterocycles. The van der Waals surface area contributed by atoms with Crippen molar-refractivity contribution in [2.75, 3.05) is 19.6 Å². The fourth-order valence-electron chi connectivity index (χ4n) is 3.53. The summed E-state index contributed by atoms with van der Waals surface area (Å²) in [7, 11) is -3.54. The number of nitriles is 1. The van der Waals surface area contributed by atoms with Crippen molar-refractivity contribution in [3.8, 4) is 6.07 Å². The molecule has 0 saturated carbocycles. The van der Waals surface area contributed by atoms with Crippen molar-refractivity contribution in [3.05, 3.63) is 28.8 Å². The van der Waals surface area contributed by atoms with Crippen LogP contribution in [0, 0.1) is 17.2 Å². The van der Waals surface area contributed by atoms with E-state index in [4.69, 9.17) is 16.9 Å². The Bertz CT molecular complexity index is 715. The van der Waals surface area contributed by atoms with Crippen LogP contribution in [0.1, 0.15) is 31.2 Å². The summed E-state index contributed by atoms with van der Waals surface area (Å²) in [5.41, 5.74) is 0.289. The minimum atomic E-state index is -3.54. The lowest BCUT2D eigenvalue weighted by molar-refractivity contribution is 0.234. The zero-order valence-electron chi connectivity index (χ0n) is 12.8. The molecule has 2 saturated heterocycles. The van der Waals surface area contributed by atoms with Crippen molar-refractivity contribution in [1.29, 1.82) is 5.26 Å². The zero-order chi connectivity index (χ0) is 16.4. The average Bonchev–Trinajstić information content (AvgIpc) is 3.09. The van der Waals surface area contributed by atoms with Crippen LogP contribution in [-0.4, -0.2) is 38.4 Å². The second-order valence-corrected chi connectivity index (χ2v) is 8.54. The van der Waals surface area contributed by atoms with Gasteiger partial charge in [0.05, 0.1) is 15.5 Å². The number of nitrogens with zero attached hydrogens (tertiary/aromatic N) is 2. The normalized spacial score (nSPS) is 23.7. The minimum Gasteiger partial charge on any atom is -0.314 e. The number of piperidine rings is 1. The van der Waals surface area contributed by atoms with Gasteiger partial charge in [0.2, 0.25) is 10.0 Å². The van der Waals surface area contributed by atoms with Gasteiger partial charge >= 0.3 is 0 Å². The quantitative estimate of drug-likeness (QED) is 0.905. The Labute approximate surface area is 142 Å². The Hall–Kier alpha value is -1.13. The van der Waals surface area contributed by atoms with Crippen LogP contribution in [0.15, 0.2) is 23.1 Å². The molecule has 23 heavy (non-hydrogen) atoms. The highest BCUT2D eigenvalue weighted by Crippen LogP contribution is 2.29. The maximum atomic E-state index is 12.7. The highest BCUT2D eigenvalue weighted by atomic mass is 35.5. The smallest absolute Gasteiger partial charge is 0.243 e. The predicted molar refractivity (Wildman–Crippen MR) is 88.7 cm³/mol. The predicted octanol–water partition coefficient (Wildman–Crippen LogP) is 2.36. The Morgan fingerprint density at radius 2 is 2.00 bits per heavy atom. The number of halogens is 1. The monoisotopic (exact) mass is 353 g/mol. The van der Waals surface area contributed by atoms with E-state index in [1.165, 1.54) is 35.3 Å². The fourth-order valence-corrected chi connectivity index (χ4v) is 5.31. The van der Waals surface area contributed by atoms with E-state index in [0.717, 1.165) is 19.4 Å². The second-order valence-electron chi connectivity index (χ2n) is 6.20. The average molecular weight is 354 g/mol. The van der Waals surface area contributed by atoms with Crippen LogP contribution in [-0.2, 0) is 10.0 Å².